The molecule has 0 aliphatic carbocycles. The molecule has 0 atom stereocenters. The lowest BCUT2D eigenvalue weighted by atomic mass is 10.2. The fourth-order valence-corrected chi connectivity index (χ4v) is 4.58. The van der Waals surface area contributed by atoms with Crippen LogP contribution >= 0.6 is 23.2 Å². The predicted molar refractivity (Wildman–Crippen MR) is 131 cm³/mol. The van der Waals surface area contributed by atoms with Gasteiger partial charge in [-0.15, -0.1) is 0 Å². The molecule has 0 saturated carbocycles. The average Bonchev–Trinajstić information content (AvgIpc) is 2.80. The number of hydrogen-bond acceptors (Lipinski definition) is 5. The number of anilines is 1. The van der Waals surface area contributed by atoms with Crippen LogP contribution in [-0.2, 0) is 14.8 Å². The Hall–Kier alpha value is -3.07. The van der Waals surface area contributed by atoms with E-state index in [9.17, 15) is 13.2 Å². The number of hydrogen-bond donors (Lipinski definition) is 1. The van der Waals surface area contributed by atoms with E-state index in [0.717, 1.165) is 4.31 Å². The summed E-state index contributed by atoms with van der Waals surface area (Å²) in [7, 11) is -4.08. The van der Waals surface area contributed by atoms with E-state index in [1.807, 2.05) is 6.92 Å². The molecule has 0 radical (unpaired) electrons. The largest absolute Gasteiger partial charge is 0.494 e. The summed E-state index contributed by atoms with van der Waals surface area (Å²) in [4.78, 5) is 12.6. The van der Waals surface area contributed by atoms with Crippen LogP contribution in [0.2, 0.25) is 10.0 Å². The van der Waals surface area contributed by atoms with Crippen molar-refractivity contribution in [3.05, 3.63) is 88.4 Å². The summed E-state index contributed by atoms with van der Waals surface area (Å²) < 4.78 is 33.1. The number of ether oxygens (including phenoxy) is 1. The molecule has 0 heterocycles. The maximum Gasteiger partial charge on any atom is 0.264 e. The van der Waals surface area contributed by atoms with Gasteiger partial charge in [0, 0.05) is 15.6 Å². The van der Waals surface area contributed by atoms with Crippen LogP contribution in [0.3, 0.4) is 0 Å². The molecule has 0 aliphatic rings. The highest BCUT2D eigenvalue weighted by Gasteiger charge is 2.27. The summed E-state index contributed by atoms with van der Waals surface area (Å²) in [6, 6.07) is 19.1. The van der Waals surface area contributed by atoms with Gasteiger partial charge in [0.25, 0.3) is 15.9 Å². The van der Waals surface area contributed by atoms with Gasteiger partial charge in [-0.05, 0) is 61.5 Å². The minimum atomic E-state index is -4.08. The summed E-state index contributed by atoms with van der Waals surface area (Å²) in [5.41, 5.74) is 3.22. The molecule has 0 spiro atoms. The van der Waals surface area contributed by atoms with E-state index in [1.165, 1.54) is 30.5 Å². The number of rotatable bonds is 9. The molecule has 1 N–H and O–H groups in total. The minimum absolute atomic E-state index is 0.00766. The van der Waals surface area contributed by atoms with E-state index in [4.69, 9.17) is 27.9 Å². The van der Waals surface area contributed by atoms with Crippen molar-refractivity contribution in [3.63, 3.8) is 0 Å². The maximum atomic E-state index is 13.4. The van der Waals surface area contributed by atoms with Gasteiger partial charge in [0.15, 0.2) is 0 Å². The number of sulfonamides is 1. The van der Waals surface area contributed by atoms with Gasteiger partial charge >= 0.3 is 0 Å². The first-order valence-electron chi connectivity index (χ1n) is 9.89. The van der Waals surface area contributed by atoms with E-state index in [1.54, 1.807) is 48.5 Å². The first-order valence-corrected chi connectivity index (χ1v) is 12.1. The number of halogens is 2. The van der Waals surface area contributed by atoms with E-state index < -0.39 is 22.5 Å². The Morgan fingerprint density at radius 2 is 1.70 bits per heavy atom. The number of nitrogens with one attached hydrogen (secondary N) is 1. The number of amides is 1. The molecule has 0 aromatic heterocycles. The van der Waals surface area contributed by atoms with Crippen LogP contribution in [0.4, 0.5) is 5.69 Å². The van der Waals surface area contributed by atoms with E-state index >= 15 is 0 Å². The molecule has 172 valence electrons. The van der Waals surface area contributed by atoms with Crippen molar-refractivity contribution >= 4 is 51.0 Å². The lowest BCUT2D eigenvalue weighted by Crippen LogP contribution is -2.39. The molecular weight excluding hydrogens is 485 g/mol. The molecule has 3 aromatic carbocycles. The SMILES string of the molecule is CCOc1ccc(S(=O)(=O)N(CC(=O)N/N=C/c2ccccc2Cl)c2ccc(Cl)cc2)cc1. The monoisotopic (exact) mass is 505 g/mol. The van der Waals surface area contributed by atoms with Crippen LogP contribution in [0.25, 0.3) is 0 Å². The fourth-order valence-electron chi connectivity index (χ4n) is 2.84. The molecule has 0 saturated heterocycles. The van der Waals surface area contributed by atoms with Crippen molar-refractivity contribution < 1.29 is 17.9 Å². The fraction of sp³-hybridized carbons (Fsp3) is 0.130. The third-order valence-electron chi connectivity index (χ3n) is 4.42. The Balaban J connectivity index is 1.84. The zero-order chi connectivity index (χ0) is 23.8. The second-order valence-electron chi connectivity index (χ2n) is 6.71. The van der Waals surface area contributed by atoms with E-state index in [2.05, 4.69) is 10.5 Å². The number of hydrazone groups is 1. The zero-order valence-corrected chi connectivity index (χ0v) is 19.9. The minimum Gasteiger partial charge on any atom is -0.494 e. The summed E-state index contributed by atoms with van der Waals surface area (Å²) in [6.07, 6.45) is 1.38. The van der Waals surface area contributed by atoms with Crippen molar-refractivity contribution in [2.45, 2.75) is 11.8 Å². The molecular formula is C23H21Cl2N3O4S. The van der Waals surface area contributed by atoms with Gasteiger partial charge in [-0.3, -0.25) is 9.10 Å². The Morgan fingerprint density at radius 3 is 2.33 bits per heavy atom. The van der Waals surface area contributed by atoms with Gasteiger partial charge < -0.3 is 4.74 Å². The van der Waals surface area contributed by atoms with Gasteiger partial charge in [-0.25, -0.2) is 13.8 Å². The van der Waals surface area contributed by atoms with E-state index in [-0.39, 0.29) is 10.6 Å². The molecule has 0 aliphatic heterocycles. The first-order chi connectivity index (χ1) is 15.8. The summed E-state index contributed by atoms with van der Waals surface area (Å²) in [5, 5.41) is 4.79. The number of carbonyl (C=O) groups excluding carboxylic acids is 1. The van der Waals surface area contributed by atoms with Crippen LogP contribution in [0.15, 0.2) is 82.8 Å². The predicted octanol–water partition coefficient (Wildman–Crippen LogP) is 4.74. The highest BCUT2D eigenvalue weighted by Crippen LogP contribution is 2.26. The molecule has 10 heteroatoms. The van der Waals surface area contributed by atoms with Crippen LogP contribution in [-0.4, -0.2) is 33.7 Å². The van der Waals surface area contributed by atoms with Gasteiger partial charge in [0.2, 0.25) is 0 Å². The number of carbonyl (C=O) groups is 1. The third-order valence-corrected chi connectivity index (χ3v) is 6.81. The second-order valence-corrected chi connectivity index (χ2v) is 9.41. The third kappa shape index (κ3) is 6.47. The number of nitrogens with zero attached hydrogens (tertiary/aromatic N) is 2. The smallest absolute Gasteiger partial charge is 0.264 e. The van der Waals surface area contributed by atoms with Crippen LogP contribution in [0.5, 0.6) is 5.75 Å². The second kappa shape index (κ2) is 11.2. The maximum absolute atomic E-state index is 13.4. The molecule has 0 unspecified atom stereocenters. The van der Waals surface area contributed by atoms with E-state index in [0.29, 0.717) is 28.0 Å². The normalized spacial score (nSPS) is 11.4. The van der Waals surface area contributed by atoms with Crippen molar-refractivity contribution in [1.29, 1.82) is 0 Å². The molecule has 3 aromatic rings. The van der Waals surface area contributed by atoms with Crippen LogP contribution in [0.1, 0.15) is 12.5 Å². The Bertz CT molecular complexity index is 1230. The standard InChI is InChI=1S/C23H21Cl2N3O4S/c1-2-32-20-11-13-21(14-12-20)33(30,31)28(19-9-7-18(24)8-10-19)16-23(29)27-26-15-17-5-3-4-6-22(17)25/h3-15H,2,16H2,1H3,(H,27,29)/b26-15+. The molecule has 1 amide bonds. The molecule has 0 bridgehead atoms. The average molecular weight is 506 g/mol. The van der Waals surface area contributed by atoms with Crippen LogP contribution in [0, 0.1) is 0 Å². The van der Waals surface area contributed by atoms with Crippen molar-refractivity contribution in [1.82, 2.24) is 5.43 Å². The number of benzene rings is 3. The first kappa shape index (κ1) is 24.6. The zero-order valence-electron chi connectivity index (χ0n) is 17.6. The van der Waals surface area contributed by atoms with Gasteiger partial charge in [-0.1, -0.05) is 41.4 Å². The molecule has 7 nitrogen and oxygen atoms in total. The lowest BCUT2D eigenvalue weighted by Gasteiger charge is -2.23. The summed E-state index contributed by atoms with van der Waals surface area (Å²) in [5.74, 6) is -0.0936. The summed E-state index contributed by atoms with van der Waals surface area (Å²) in [6.45, 7) is 1.79. The van der Waals surface area contributed by atoms with Crippen molar-refractivity contribution in [2.24, 2.45) is 5.10 Å². The highest BCUT2D eigenvalue weighted by atomic mass is 35.5. The Kier molecular flexibility index (Phi) is 8.32. The van der Waals surface area contributed by atoms with Crippen molar-refractivity contribution in [2.75, 3.05) is 17.5 Å². The molecule has 3 rings (SSSR count). The Morgan fingerprint density at radius 1 is 1.03 bits per heavy atom. The van der Waals surface area contributed by atoms with Gasteiger partial charge in [0.1, 0.15) is 12.3 Å². The van der Waals surface area contributed by atoms with Crippen LogP contribution < -0.4 is 14.5 Å². The van der Waals surface area contributed by atoms with Gasteiger partial charge in [-0.2, -0.15) is 5.10 Å². The Labute approximate surface area is 202 Å². The lowest BCUT2D eigenvalue weighted by molar-refractivity contribution is -0.119. The molecule has 33 heavy (non-hydrogen) atoms. The molecule has 0 fully saturated rings. The van der Waals surface area contributed by atoms with Gasteiger partial charge in [0.05, 0.1) is 23.4 Å². The highest BCUT2D eigenvalue weighted by molar-refractivity contribution is 7.92. The van der Waals surface area contributed by atoms with Crippen molar-refractivity contribution in [3.8, 4) is 5.75 Å². The quantitative estimate of drug-likeness (QED) is 0.336. The summed E-state index contributed by atoms with van der Waals surface area (Å²) >= 11 is 12.0. The topological polar surface area (TPSA) is 88.1 Å².